The molecule has 168 valence electrons. The Kier molecular flexibility index (Phi) is 6.55. The van der Waals surface area contributed by atoms with Crippen LogP contribution in [0.4, 0.5) is 0 Å². The van der Waals surface area contributed by atoms with Gasteiger partial charge in [-0.15, -0.1) is 21.5 Å². The van der Waals surface area contributed by atoms with Crippen molar-refractivity contribution in [3.8, 4) is 5.75 Å². The molecule has 8 nitrogen and oxygen atoms in total. The second kappa shape index (κ2) is 9.52. The number of amides is 1. The van der Waals surface area contributed by atoms with E-state index < -0.39 is 0 Å². The second-order valence-electron chi connectivity index (χ2n) is 8.18. The third-order valence-electron chi connectivity index (χ3n) is 5.25. The van der Waals surface area contributed by atoms with Crippen LogP contribution in [0.3, 0.4) is 0 Å². The molecular weight excluding hydrogens is 426 g/mol. The lowest BCUT2D eigenvalue weighted by Crippen LogP contribution is -2.25. The number of rotatable bonds is 9. The Balaban J connectivity index is 1.45. The standard InChI is InChI=1S/C23H27N5O3S/c1-15(2)14-27-22(30)21-18(10-11-32-21)28-19(25-26-23(27)28)8-5-9-20(29)24-13-16-6-4-7-17(12-16)31-3/h4,6-7,10-12,15H,5,8-9,13-14H2,1-3H3,(H,24,29). The molecule has 3 aromatic heterocycles. The van der Waals surface area contributed by atoms with Crippen LogP contribution >= 0.6 is 11.3 Å². The number of carbonyl (C=O) groups is 1. The van der Waals surface area contributed by atoms with Crippen molar-refractivity contribution in [2.45, 2.75) is 46.2 Å². The molecular formula is C23H27N5O3S. The van der Waals surface area contributed by atoms with E-state index in [1.165, 1.54) is 11.3 Å². The molecule has 4 aromatic rings. The molecule has 0 fully saturated rings. The van der Waals surface area contributed by atoms with Crippen molar-refractivity contribution in [1.82, 2.24) is 24.5 Å². The first kappa shape index (κ1) is 22.0. The predicted molar refractivity (Wildman–Crippen MR) is 125 cm³/mol. The van der Waals surface area contributed by atoms with Crippen LogP contribution in [0.25, 0.3) is 16.0 Å². The third kappa shape index (κ3) is 4.52. The van der Waals surface area contributed by atoms with E-state index in [2.05, 4.69) is 29.4 Å². The van der Waals surface area contributed by atoms with Gasteiger partial charge in [0.2, 0.25) is 11.7 Å². The molecule has 9 heteroatoms. The molecule has 0 bridgehead atoms. The largest absolute Gasteiger partial charge is 0.497 e. The number of methoxy groups -OCH3 is 1. The van der Waals surface area contributed by atoms with Crippen LogP contribution in [-0.2, 0) is 24.3 Å². The molecule has 0 saturated heterocycles. The quantitative estimate of drug-likeness (QED) is 0.419. The first-order valence-corrected chi connectivity index (χ1v) is 11.6. The lowest BCUT2D eigenvalue weighted by molar-refractivity contribution is -0.121. The molecule has 3 heterocycles. The molecule has 1 aromatic carbocycles. The van der Waals surface area contributed by atoms with Crippen molar-refractivity contribution in [3.05, 3.63) is 57.5 Å². The summed E-state index contributed by atoms with van der Waals surface area (Å²) in [5.74, 6) is 2.39. The van der Waals surface area contributed by atoms with E-state index in [-0.39, 0.29) is 11.5 Å². The number of benzene rings is 1. The molecule has 0 spiro atoms. The van der Waals surface area contributed by atoms with E-state index in [0.29, 0.717) is 48.7 Å². The second-order valence-corrected chi connectivity index (χ2v) is 9.09. The van der Waals surface area contributed by atoms with Gasteiger partial charge in [0.1, 0.15) is 16.3 Å². The number of ether oxygens (including phenoxy) is 1. The Hall–Kier alpha value is -3.20. The van der Waals surface area contributed by atoms with E-state index >= 15 is 0 Å². The van der Waals surface area contributed by atoms with Crippen LogP contribution in [0.5, 0.6) is 5.75 Å². The topological polar surface area (TPSA) is 90.5 Å². The number of nitrogens with one attached hydrogen (secondary N) is 1. The summed E-state index contributed by atoms with van der Waals surface area (Å²) in [6, 6.07) is 9.57. The number of aryl methyl sites for hydroxylation is 1. The lowest BCUT2D eigenvalue weighted by atomic mass is 10.2. The highest BCUT2D eigenvalue weighted by molar-refractivity contribution is 7.17. The van der Waals surface area contributed by atoms with Gasteiger partial charge in [-0.25, -0.2) is 0 Å². The van der Waals surface area contributed by atoms with Crippen LogP contribution in [0.15, 0.2) is 40.5 Å². The van der Waals surface area contributed by atoms with Gasteiger partial charge >= 0.3 is 0 Å². The summed E-state index contributed by atoms with van der Waals surface area (Å²) in [4.78, 5) is 25.2. The van der Waals surface area contributed by atoms with Gasteiger partial charge in [0, 0.05) is 25.9 Å². The fourth-order valence-electron chi connectivity index (χ4n) is 3.75. The smallest absolute Gasteiger partial charge is 0.272 e. The van der Waals surface area contributed by atoms with Crippen molar-refractivity contribution < 1.29 is 9.53 Å². The number of hydrogen-bond acceptors (Lipinski definition) is 6. The summed E-state index contributed by atoms with van der Waals surface area (Å²) in [5, 5.41) is 13.5. The van der Waals surface area contributed by atoms with Gasteiger partial charge in [-0.05, 0) is 41.5 Å². The minimum Gasteiger partial charge on any atom is -0.497 e. The van der Waals surface area contributed by atoms with Gasteiger partial charge in [0.25, 0.3) is 5.56 Å². The van der Waals surface area contributed by atoms with Crippen LogP contribution in [0.1, 0.15) is 38.1 Å². The highest BCUT2D eigenvalue weighted by Gasteiger charge is 2.18. The minimum atomic E-state index is -0.0212. The highest BCUT2D eigenvalue weighted by atomic mass is 32.1. The Morgan fingerprint density at radius 3 is 2.88 bits per heavy atom. The van der Waals surface area contributed by atoms with Crippen molar-refractivity contribution in [2.24, 2.45) is 5.92 Å². The summed E-state index contributed by atoms with van der Waals surface area (Å²) in [6.45, 7) is 5.19. The molecule has 32 heavy (non-hydrogen) atoms. The zero-order valence-corrected chi connectivity index (χ0v) is 19.3. The first-order valence-electron chi connectivity index (χ1n) is 10.7. The van der Waals surface area contributed by atoms with Crippen molar-refractivity contribution in [1.29, 1.82) is 0 Å². The Labute approximate surface area is 189 Å². The van der Waals surface area contributed by atoms with Gasteiger partial charge < -0.3 is 10.1 Å². The maximum Gasteiger partial charge on any atom is 0.272 e. The summed E-state index contributed by atoms with van der Waals surface area (Å²) >= 11 is 1.44. The zero-order chi connectivity index (χ0) is 22.7. The monoisotopic (exact) mass is 453 g/mol. The first-order chi connectivity index (χ1) is 15.5. The molecule has 1 amide bonds. The highest BCUT2D eigenvalue weighted by Crippen LogP contribution is 2.21. The van der Waals surface area contributed by atoms with Crippen LogP contribution in [0, 0.1) is 5.92 Å². The maximum absolute atomic E-state index is 12.9. The normalized spacial score (nSPS) is 11.5. The fraction of sp³-hybridized carbons (Fsp3) is 0.391. The Morgan fingerprint density at radius 2 is 2.09 bits per heavy atom. The fourth-order valence-corrected chi connectivity index (χ4v) is 4.57. The zero-order valence-electron chi connectivity index (χ0n) is 18.5. The molecule has 0 aliphatic carbocycles. The van der Waals surface area contributed by atoms with E-state index in [1.807, 2.05) is 40.1 Å². The summed E-state index contributed by atoms with van der Waals surface area (Å²) in [6.07, 6.45) is 1.62. The number of fused-ring (bicyclic) bond motifs is 3. The Morgan fingerprint density at radius 1 is 1.25 bits per heavy atom. The lowest BCUT2D eigenvalue weighted by Gasteiger charge is -2.11. The summed E-state index contributed by atoms with van der Waals surface area (Å²) in [7, 11) is 1.62. The average Bonchev–Trinajstić information content (AvgIpc) is 3.42. The SMILES string of the molecule is COc1cccc(CNC(=O)CCCc2nnc3n(CC(C)C)c(=O)c4sccc4n23)c1. The molecule has 0 aliphatic rings. The van der Waals surface area contributed by atoms with Gasteiger partial charge in [-0.3, -0.25) is 18.6 Å². The number of nitrogens with zero attached hydrogens (tertiary/aromatic N) is 4. The Bertz CT molecular complexity index is 1300. The maximum atomic E-state index is 12.9. The molecule has 4 rings (SSSR count). The van der Waals surface area contributed by atoms with E-state index in [0.717, 1.165) is 22.7 Å². The molecule has 0 unspecified atom stereocenters. The van der Waals surface area contributed by atoms with Crippen molar-refractivity contribution in [2.75, 3.05) is 7.11 Å². The predicted octanol–water partition coefficient (Wildman–Crippen LogP) is 3.41. The van der Waals surface area contributed by atoms with Crippen LogP contribution < -0.4 is 15.6 Å². The minimum absolute atomic E-state index is 0.0148. The van der Waals surface area contributed by atoms with E-state index in [4.69, 9.17) is 4.74 Å². The summed E-state index contributed by atoms with van der Waals surface area (Å²) < 4.78 is 9.59. The molecule has 0 atom stereocenters. The van der Waals surface area contributed by atoms with E-state index in [1.54, 1.807) is 11.7 Å². The average molecular weight is 454 g/mol. The van der Waals surface area contributed by atoms with Crippen LogP contribution in [-0.4, -0.2) is 32.2 Å². The number of hydrogen-bond donors (Lipinski definition) is 1. The molecule has 1 N–H and O–H groups in total. The van der Waals surface area contributed by atoms with Gasteiger partial charge in [0.05, 0.1) is 12.6 Å². The van der Waals surface area contributed by atoms with Crippen molar-refractivity contribution >= 4 is 33.2 Å². The summed E-state index contributed by atoms with van der Waals surface area (Å²) in [5.41, 5.74) is 1.80. The number of thiophene rings is 1. The van der Waals surface area contributed by atoms with Crippen molar-refractivity contribution in [3.63, 3.8) is 0 Å². The molecule has 0 saturated carbocycles. The van der Waals surface area contributed by atoms with Gasteiger partial charge in [0.15, 0.2) is 0 Å². The third-order valence-corrected chi connectivity index (χ3v) is 6.15. The molecule has 0 radical (unpaired) electrons. The van der Waals surface area contributed by atoms with Crippen LogP contribution in [0.2, 0.25) is 0 Å². The molecule has 0 aliphatic heterocycles. The van der Waals surface area contributed by atoms with E-state index in [9.17, 15) is 9.59 Å². The van der Waals surface area contributed by atoms with Gasteiger partial charge in [-0.1, -0.05) is 26.0 Å². The number of aromatic nitrogens is 4. The van der Waals surface area contributed by atoms with Gasteiger partial charge in [-0.2, -0.15) is 0 Å². The number of carbonyl (C=O) groups excluding carboxylic acids is 1.